The number of nitrogens with one attached hydrogen (secondary N) is 1. The van der Waals surface area contributed by atoms with E-state index in [4.69, 9.17) is 5.73 Å². The van der Waals surface area contributed by atoms with Gasteiger partial charge in [0.05, 0.1) is 4.90 Å². The second-order valence-electron chi connectivity index (χ2n) is 6.37. The van der Waals surface area contributed by atoms with Gasteiger partial charge in [0, 0.05) is 17.8 Å². The topological polar surface area (TPSA) is 110 Å². The summed E-state index contributed by atoms with van der Waals surface area (Å²) in [5, 5.41) is 2.71. The van der Waals surface area contributed by atoms with Crippen molar-refractivity contribution in [3.05, 3.63) is 60.2 Å². The third kappa shape index (κ3) is 4.17. The zero-order valence-corrected chi connectivity index (χ0v) is 15.5. The van der Waals surface area contributed by atoms with Gasteiger partial charge in [-0.3, -0.25) is 9.59 Å². The van der Waals surface area contributed by atoms with Gasteiger partial charge < -0.3 is 11.1 Å². The van der Waals surface area contributed by atoms with Crippen molar-refractivity contribution in [1.82, 2.24) is 4.31 Å². The largest absolute Gasteiger partial charge is 0.366 e. The summed E-state index contributed by atoms with van der Waals surface area (Å²) in [6, 6.07) is 13.5. The third-order valence-electron chi connectivity index (χ3n) is 4.52. The van der Waals surface area contributed by atoms with E-state index in [9.17, 15) is 18.0 Å². The van der Waals surface area contributed by atoms with Gasteiger partial charge >= 0.3 is 0 Å². The van der Waals surface area contributed by atoms with Gasteiger partial charge in [-0.05, 0) is 43.2 Å². The van der Waals surface area contributed by atoms with Gasteiger partial charge in [-0.15, -0.1) is 0 Å². The molecule has 2 aromatic rings. The highest BCUT2D eigenvalue weighted by Gasteiger charge is 2.37. The van der Waals surface area contributed by atoms with Crippen LogP contribution >= 0.6 is 0 Å². The number of hydrogen-bond donors (Lipinski definition) is 2. The van der Waals surface area contributed by atoms with Crippen LogP contribution in [-0.4, -0.2) is 37.1 Å². The lowest BCUT2D eigenvalue weighted by atomic mass is 10.0. The summed E-state index contributed by atoms with van der Waals surface area (Å²) in [5.74, 6) is -1.02. The molecule has 1 aliphatic rings. The van der Waals surface area contributed by atoms with E-state index < -0.39 is 27.9 Å². The Balaban J connectivity index is 1.84. The van der Waals surface area contributed by atoms with Crippen molar-refractivity contribution in [1.29, 1.82) is 0 Å². The molecule has 1 fully saturated rings. The van der Waals surface area contributed by atoms with E-state index in [1.807, 2.05) is 0 Å². The molecule has 0 aliphatic carbocycles. The minimum Gasteiger partial charge on any atom is -0.366 e. The first kappa shape index (κ1) is 19.1. The minimum atomic E-state index is -3.77. The predicted octanol–water partition coefficient (Wildman–Crippen LogP) is 1.97. The van der Waals surface area contributed by atoms with Crippen molar-refractivity contribution >= 4 is 27.5 Å². The van der Waals surface area contributed by atoms with Gasteiger partial charge in [-0.25, -0.2) is 8.42 Å². The zero-order valence-electron chi connectivity index (χ0n) is 14.7. The molecule has 142 valence electrons. The lowest BCUT2D eigenvalue weighted by Crippen LogP contribution is -2.49. The molecule has 2 aromatic carbocycles. The second kappa shape index (κ2) is 7.89. The number of rotatable bonds is 5. The monoisotopic (exact) mass is 387 g/mol. The number of primary amides is 1. The summed E-state index contributed by atoms with van der Waals surface area (Å²) in [5.41, 5.74) is 5.93. The molecule has 0 bridgehead atoms. The maximum absolute atomic E-state index is 13.0. The van der Waals surface area contributed by atoms with E-state index in [2.05, 4.69) is 5.32 Å². The zero-order chi connectivity index (χ0) is 19.4. The van der Waals surface area contributed by atoms with Gasteiger partial charge in [0.25, 0.3) is 0 Å². The molecular weight excluding hydrogens is 366 g/mol. The van der Waals surface area contributed by atoms with Crippen LogP contribution in [0, 0.1) is 0 Å². The van der Waals surface area contributed by atoms with Crippen molar-refractivity contribution in [3.8, 4) is 0 Å². The summed E-state index contributed by atoms with van der Waals surface area (Å²) < 4.78 is 27.2. The summed E-state index contributed by atoms with van der Waals surface area (Å²) in [7, 11) is -3.77. The number of hydrogen-bond acceptors (Lipinski definition) is 4. The second-order valence-corrected chi connectivity index (χ2v) is 8.27. The van der Waals surface area contributed by atoms with Gasteiger partial charge in [0.15, 0.2) is 0 Å². The summed E-state index contributed by atoms with van der Waals surface area (Å²) in [6.45, 7) is 0.288. The van der Waals surface area contributed by atoms with Crippen LogP contribution in [0.1, 0.15) is 29.6 Å². The quantitative estimate of drug-likeness (QED) is 0.817. The molecular formula is C19H21N3O4S. The molecule has 0 aromatic heterocycles. The molecule has 8 heteroatoms. The van der Waals surface area contributed by atoms with Crippen molar-refractivity contribution in [2.45, 2.75) is 30.2 Å². The molecule has 2 amide bonds. The van der Waals surface area contributed by atoms with Crippen LogP contribution in [-0.2, 0) is 14.8 Å². The molecule has 0 unspecified atom stereocenters. The number of nitrogens with zero attached hydrogens (tertiary/aromatic N) is 1. The Morgan fingerprint density at radius 2 is 1.78 bits per heavy atom. The molecule has 1 heterocycles. The SMILES string of the molecule is NC(=O)c1cccc(NC(=O)[C@@H]2CCCCN2S(=O)(=O)c2ccccc2)c1. The minimum absolute atomic E-state index is 0.167. The standard InChI is InChI=1S/C19H21N3O4S/c20-18(23)14-7-6-8-15(13-14)21-19(24)17-11-4-5-12-22(17)27(25,26)16-9-2-1-3-10-16/h1-3,6-10,13,17H,4-5,11-12H2,(H2,20,23)(H,21,24)/t17-/m0/s1. The number of carbonyl (C=O) groups excluding carboxylic acids is 2. The Morgan fingerprint density at radius 3 is 2.48 bits per heavy atom. The molecule has 7 nitrogen and oxygen atoms in total. The van der Waals surface area contributed by atoms with Crippen molar-refractivity contribution < 1.29 is 18.0 Å². The third-order valence-corrected chi connectivity index (χ3v) is 6.44. The Morgan fingerprint density at radius 1 is 1.04 bits per heavy atom. The number of sulfonamides is 1. The molecule has 27 heavy (non-hydrogen) atoms. The summed E-state index contributed by atoms with van der Waals surface area (Å²) in [4.78, 5) is 24.3. The van der Waals surface area contributed by atoms with E-state index >= 15 is 0 Å². The molecule has 0 radical (unpaired) electrons. The number of piperidine rings is 1. The first-order chi connectivity index (χ1) is 12.9. The molecule has 1 aliphatic heterocycles. The summed E-state index contributed by atoms with van der Waals surface area (Å²) >= 11 is 0. The highest BCUT2D eigenvalue weighted by molar-refractivity contribution is 7.89. The predicted molar refractivity (Wildman–Crippen MR) is 102 cm³/mol. The van der Waals surface area contributed by atoms with Crippen LogP contribution in [0.25, 0.3) is 0 Å². The van der Waals surface area contributed by atoms with E-state index in [1.165, 1.54) is 22.5 Å². The molecule has 0 saturated carbocycles. The van der Waals surface area contributed by atoms with E-state index in [0.29, 0.717) is 18.5 Å². The smallest absolute Gasteiger partial charge is 0.248 e. The number of carbonyl (C=O) groups is 2. The van der Waals surface area contributed by atoms with Crippen molar-refractivity contribution in [3.63, 3.8) is 0 Å². The lowest BCUT2D eigenvalue weighted by molar-refractivity contribution is -0.120. The van der Waals surface area contributed by atoms with E-state index in [0.717, 1.165) is 6.42 Å². The van der Waals surface area contributed by atoms with Crippen molar-refractivity contribution in [2.24, 2.45) is 5.73 Å². The number of benzene rings is 2. The maximum atomic E-state index is 13.0. The fraction of sp³-hybridized carbons (Fsp3) is 0.263. The Hall–Kier alpha value is -2.71. The average molecular weight is 387 g/mol. The van der Waals surface area contributed by atoms with Crippen molar-refractivity contribution in [2.75, 3.05) is 11.9 Å². The highest BCUT2D eigenvalue weighted by atomic mass is 32.2. The lowest BCUT2D eigenvalue weighted by Gasteiger charge is -2.33. The summed E-state index contributed by atoms with van der Waals surface area (Å²) in [6.07, 6.45) is 1.90. The normalized spacial score (nSPS) is 18.0. The fourth-order valence-corrected chi connectivity index (χ4v) is 4.84. The number of nitrogens with two attached hydrogens (primary N) is 1. The molecule has 3 N–H and O–H groups in total. The van der Waals surface area contributed by atoms with Crippen LogP contribution in [0.3, 0.4) is 0 Å². The van der Waals surface area contributed by atoms with Crippen LogP contribution in [0.4, 0.5) is 5.69 Å². The fourth-order valence-electron chi connectivity index (χ4n) is 3.16. The first-order valence-electron chi connectivity index (χ1n) is 8.67. The van der Waals surface area contributed by atoms with E-state index in [-0.39, 0.29) is 17.0 Å². The molecule has 1 saturated heterocycles. The van der Waals surface area contributed by atoms with Gasteiger partial charge in [0.2, 0.25) is 21.8 Å². The van der Waals surface area contributed by atoms with Gasteiger partial charge in [-0.1, -0.05) is 30.7 Å². The Labute approximate surface area is 158 Å². The van der Waals surface area contributed by atoms with E-state index in [1.54, 1.807) is 36.4 Å². The van der Waals surface area contributed by atoms with Gasteiger partial charge in [0.1, 0.15) is 6.04 Å². The maximum Gasteiger partial charge on any atom is 0.248 e. The molecule has 0 spiro atoms. The Bertz CT molecular complexity index is 944. The first-order valence-corrected chi connectivity index (χ1v) is 10.1. The molecule has 3 rings (SSSR count). The van der Waals surface area contributed by atoms with Crippen LogP contribution in [0.15, 0.2) is 59.5 Å². The average Bonchev–Trinajstić information content (AvgIpc) is 2.69. The highest BCUT2D eigenvalue weighted by Crippen LogP contribution is 2.26. The van der Waals surface area contributed by atoms with Crippen LogP contribution in [0.5, 0.6) is 0 Å². The number of anilines is 1. The Kier molecular flexibility index (Phi) is 5.57. The number of amides is 2. The molecule has 1 atom stereocenters. The van der Waals surface area contributed by atoms with Crippen LogP contribution in [0.2, 0.25) is 0 Å². The van der Waals surface area contributed by atoms with Gasteiger partial charge in [-0.2, -0.15) is 4.31 Å². The van der Waals surface area contributed by atoms with Crippen LogP contribution < -0.4 is 11.1 Å².